The molecule has 1 aromatic heterocycles. The molecule has 0 saturated carbocycles. The zero-order valence-corrected chi connectivity index (χ0v) is 16.4. The number of carbonyl (C=O) groups excluding carboxylic acids is 2. The topological polar surface area (TPSA) is 74.9 Å². The molecule has 1 aliphatic rings. The predicted molar refractivity (Wildman–Crippen MR) is 118 cm³/mol. The van der Waals surface area contributed by atoms with Crippen LogP contribution in [0.15, 0.2) is 106 Å². The lowest BCUT2D eigenvalue weighted by molar-refractivity contribution is -0.120. The Bertz CT molecular complexity index is 1340. The van der Waals surface area contributed by atoms with Crippen LogP contribution in [0.5, 0.6) is 0 Å². The molecule has 0 unspecified atom stereocenters. The summed E-state index contributed by atoms with van der Waals surface area (Å²) in [6.45, 7) is 0. The highest BCUT2D eigenvalue weighted by molar-refractivity contribution is 6.18. The summed E-state index contributed by atoms with van der Waals surface area (Å²) in [5, 5.41) is 3.17. The van der Waals surface area contributed by atoms with E-state index < -0.39 is 5.91 Å². The van der Waals surface area contributed by atoms with E-state index in [0.29, 0.717) is 22.5 Å². The number of hydrogen-bond acceptors (Lipinski definition) is 4. The van der Waals surface area contributed by atoms with Crippen LogP contribution in [0.3, 0.4) is 0 Å². The summed E-state index contributed by atoms with van der Waals surface area (Å²) in [5.41, 5.74) is 4.73. The van der Waals surface area contributed by atoms with Gasteiger partial charge in [-0.05, 0) is 35.0 Å². The first kappa shape index (κ1) is 18.6. The van der Waals surface area contributed by atoms with Gasteiger partial charge in [0.05, 0.1) is 12.5 Å². The zero-order valence-electron chi connectivity index (χ0n) is 16.4. The molecule has 5 rings (SSSR count). The fourth-order valence-electron chi connectivity index (χ4n) is 3.42. The number of benzene rings is 3. The summed E-state index contributed by atoms with van der Waals surface area (Å²) in [6, 6.07) is 24.2. The second kappa shape index (κ2) is 7.76. The number of rotatable bonds is 3. The summed E-state index contributed by atoms with van der Waals surface area (Å²) in [5.74, 6) is -0.507. The minimum Gasteiger partial charge on any atom is -0.472 e. The number of nitrogens with one attached hydrogen (secondary N) is 1. The quantitative estimate of drug-likeness (QED) is 0.511. The third kappa shape index (κ3) is 3.62. The number of nitrogens with zero attached hydrogens (tertiary/aromatic N) is 2. The van der Waals surface area contributed by atoms with Gasteiger partial charge in [0.25, 0.3) is 11.8 Å². The van der Waals surface area contributed by atoms with Gasteiger partial charge in [0, 0.05) is 16.7 Å². The Morgan fingerprint density at radius 3 is 2.48 bits per heavy atom. The number of furan rings is 1. The molecule has 0 radical (unpaired) electrons. The van der Waals surface area contributed by atoms with Crippen molar-refractivity contribution < 1.29 is 14.0 Å². The third-order valence-corrected chi connectivity index (χ3v) is 4.96. The van der Waals surface area contributed by atoms with Crippen LogP contribution in [-0.2, 0) is 4.79 Å². The highest BCUT2D eigenvalue weighted by Crippen LogP contribution is 2.21. The van der Waals surface area contributed by atoms with Crippen molar-refractivity contribution in [2.45, 2.75) is 0 Å². The average molecular weight is 407 g/mol. The van der Waals surface area contributed by atoms with E-state index in [4.69, 9.17) is 4.42 Å². The third-order valence-electron chi connectivity index (χ3n) is 4.96. The maximum absolute atomic E-state index is 13.4. The van der Waals surface area contributed by atoms with Gasteiger partial charge in [-0.1, -0.05) is 60.7 Å². The molecule has 2 amide bonds. The Morgan fingerprint density at radius 1 is 0.935 bits per heavy atom. The van der Waals surface area contributed by atoms with Gasteiger partial charge in [-0.2, -0.15) is 5.01 Å². The maximum Gasteiger partial charge on any atom is 0.288 e. The van der Waals surface area contributed by atoms with Crippen LogP contribution in [0.1, 0.15) is 21.5 Å². The lowest BCUT2D eigenvalue weighted by Gasteiger charge is -2.28. The molecular weight excluding hydrogens is 390 g/mol. The van der Waals surface area contributed by atoms with Gasteiger partial charge in [0.1, 0.15) is 5.70 Å². The smallest absolute Gasteiger partial charge is 0.288 e. The van der Waals surface area contributed by atoms with Gasteiger partial charge in [-0.3, -0.25) is 15.0 Å². The molecule has 0 spiro atoms. The summed E-state index contributed by atoms with van der Waals surface area (Å²) in [4.78, 5) is 30.7. The molecule has 150 valence electrons. The van der Waals surface area contributed by atoms with Crippen molar-refractivity contribution in [3.8, 4) is 0 Å². The molecule has 0 aliphatic carbocycles. The molecule has 0 atom stereocenters. The monoisotopic (exact) mass is 407 g/mol. The molecular formula is C25H17N3O3. The molecule has 1 N–H and O–H groups in total. The van der Waals surface area contributed by atoms with Crippen LogP contribution < -0.4 is 5.43 Å². The Labute approximate surface area is 178 Å². The number of hydrazine groups is 1. The molecule has 4 aromatic rings. The molecule has 0 bridgehead atoms. The van der Waals surface area contributed by atoms with Gasteiger partial charge in [-0.25, -0.2) is 4.99 Å². The SMILES string of the molecule is O=C1NN(C(=O)c2ccc3ccccc3c2)C(c2ccccc2)=N/C1=C/c1ccoc1. The molecule has 3 aromatic carbocycles. The van der Waals surface area contributed by atoms with Crippen LogP contribution in [0.4, 0.5) is 0 Å². The van der Waals surface area contributed by atoms with Crippen LogP contribution in [0.25, 0.3) is 16.8 Å². The molecule has 0 fully saturated rings. The largest absolute Gasteiger partial charge is 0.472 e. The average Bonchev–Trinajstić information content (AvgIpc) is 3.33. The fourth-order valence-corrected chi connectivity index (χ4v) is 3.42. The van der Waals surface area contributed by atoms with E-state index in [9.17, 15) is 9.59 Å². The summed E-state index contributed by atoms with van der Waals surface area (Å²) < 4.78 is 5.07. The highest BCUT2D eigenvalue weighted by atomic mass is 16.3. The Balaban J connectivity index is 1.59. The van der Waals surface area contributed by atoms with Crippen LogP contribution >= 0.6 is 0 Å². The molecule has 0 saturated heterocycles. The highest BCUT2D eigenvalue weighted by Gasteiger charge is 2.30. The fraction of sp³-hybridized carbons (Fsp3) is 0. The number of carbonyl (C=O) groups is 2. The molecule has 2 heterocycles. The molecule has 31 heavy (non-hydrogen) atoms. The van der Waals surface area contributed by atoms with Gasteiger partial charge >= 0.3 is 0 Å². The first-order valence-corrected chi connectivity index (χ1v) is 9.71. The van der Waals surface area contributed by atoms with Crippen molar-refractivity contribution in [1.82, 2.24) is 10.4 Å². The lowest BCUT2D eigenvalue weighted by atomic mass is 10.1. The van der Waals surface area contributed by atoms with Gasteiger partial charge < -0.3 is 4.42 Å². The predicted octanol–water partition coefficient (Wildman–Crippen LogP) is 4.41. The van der Waals surface area contributed by atoms with Crippen molar-refractivity contribution in [3.63, 3.8) is 0 Å². The maximum atomic E-state index is 13.4. The Hall–Kier alpha value is -4.45. The number of hydrogen-bond donors (Lipinski definition) is 1. The van der Waals surface area contributed by atoms with Crippen molar-refractivity contribution in [2.75, 3.05) is 0 Å². The molecule has 6 nitrogen and oxygen atoms in total. The number of fused-ring (bicyclic) bond motifs is 1. The minimum atomic E-state index is -0.477. The number of aliphatic imine (C=N–C) groups is 1. The van der Waals surface area contributed by atoms with E-state index in [1.165, 1.54) is 17.5 Å². The van der Waals surface area contributed by atoms with Crippen molar-refractivity contribution >= 4 is 34.5 Å². The Morgan fingerprint density at radius 2 is 1.71 bits per heavy atom. The van der Waals surface area contributed by atoms with Crippen LogP contribution in [0, 0.1) is 0 Å². The standard InChI is InChI=1S/C25H17N3O3/c29-24-22(14-17-12-13-31-16-17)26-23(19-7-2-1-3-8-19)28(27-24)25(30)21-11-10-18-6-4-5-9-20(18)15-21/h1-16H,(H,27,29)/b22-14+. The first-order valence-electron chi connectivity index (χ1n) is 9.71. The van der Waals surface area contributed by atoms with Gasteiger partial charge in [-0.15, -0.1) is 0 Å². The van der Waals surface area contributed by atoms with Gasteiger partial charge in [0.2, 0.25) is 0 Å². The van der Waals surface area contributed by atoms with E-state index in [0.717, 1.165) is 10.8 Å². The second-order valence-electron chi connectivity index (χ2n) is 7.03. The summed E-state index contributed by atoms with van der Waals surface area (Å²) >= 11 is 0. The lowest BCUT2D eigenvalue weighted by Crippen LogP contribution is -2.53. The number of amidine groups is 1. The van der Waals surface area contributed by atoms with E-state index in [-0.39, 0.29) is 11.6 Å². The Kier molecular flexibility index (Phi) is 4.65. The molecule has 1 aliphatic heterocycles. The minimum absolute atomic E-state index is 0.183. The summed E-state index contributed by atoms with van der Waals surface area (Å²) in [6.07, 6.45) is 4.65. The van der Waals surface area contributed by atoms with Gasteiger partial charge in [0.15, 0.2) is 5.84 Å². The normalized spacial score (nSPS) is 15.1. The summed E-state index contributed by atoms with van der Waals surface area (Å²) in [7, 11) is 0. The van der Waals surface area contributed by atoms with Crippen LogP contribution in [0.2, 0.25) is 0 Å². The molecule has 6 heteroatoms. The van der Waals surface area contributed by atoms with E-state index in [1.54, 1.807) is 18.2 Å². The van der Waals surface area contributed by atoms with E-state index in [1.807, 2.05) is 66.7 Å². The number of amides is 2. The van der Waals surface area contributed by atoms with E-state index >= 15 is 0 Å². The first-order chi connectivity index (χ1) is 15.2. The van der Waals surface area contributed by atoms with Crippen molar-refractivity contribution in [1.29, 1.82) is 0 Å². The van der Waals surface area contributed by atoms with E-state index in [2.05, 4.69) is 10.4 Å². The van der Waals surface area contributed by atoms with Crippen molar-refractivity contribution in [2.24, 2.45) is 4.99 Å². The zero-order chi connectivity index (χ0) is 21.2. The second-order valence-corrected chi connectivity index (χ2v) is 7.03. The van der Waals surface area contributed by atoms with Crippen molar-refractivity contribution in [3.05, 3.63) is 114 Å². The van der Waals surface area contributed by atoms with Crippen LogP contribution in [-0.4, -0.2) is 22.7 Å².